The van der Waals surface area contributed by atoms with Crippen LogP contribution < -0.4 is 11.9 Å². The van der Waals surface area contributed by atoms with Crippen molar-refractivity contribution in [1.82, 2.24) is 6.15 Å². The molecule has 5 N–H and O–H groups in total. The number of rotatable bonds is 0. The van der Waals surface area contributed by atoms with Gasteiger partial charge in [-0.1, -0.05) is 18.2 Å². The molecule has 0 amide bonds. The van der Waals surface area contributed by atoms with Gasteiger partial charge in [0.2, 0.25) is 0 Å². The molecule has 1 aromatic carbocycles. The second-order valence-electron chi connectivity index (χ2n) is 1.65. The molecule has 0 aliphatic carbocycles. The quantitative estimate of drug-likeness (QED) is 0.471. The van der Waals surface area contributed by atoms with Crippen molar-refractivity contribution in [2.75, 3.05) is 5.73 Å². The van der Waals surface area contributed by atoms with Crippen LogP contribution in [0, 0.1) is 0 Å². The predicted molar refractivity (Wildman–Crippen MR) is 54.7 cm³/mol. The molecule has 0 radical (unpaired) electrons. The van der Waals surface area contributed by atoms with Crippen LogP contribution in [0.3, 0.4) is 0 Å². The van der Waals surface area contributed by atoms with E-state index in [2.05, 4.69) is 0 Å². The highest BCUT2D eigenvalue weighted by molar-refractivity contribution is 5.44. The van der Waals surface area contributed by atoms with E-state index in [9.17, 15) is 0 Å². The van der Waals surface area contributed by atoms with Gasteiger partial charge in [-0.15, -0.1) is 0 Å². The maximum atomic E-state index is 8.81. The number of aldehydes is 1. The largest absolute Gasteiger partial charge is 0.399 e. The van der Waals surface area contributed by atoms with E-state index in [-0.39, 0.29) is 6.15 Å². The molecule has 13 heavy (non-hydrogen) atoms. The molecular weight excluding hydrogens is 168 g/mol. The zero-order valence-corrected chi connectivity index (χ0v) is 7.77. The van der Waals surface area contributed by atoms with Crippen LogP contribution in [-0.2, 0) is 9.59 Å². The molecule has 0 unspecified atom stereocenters. The number of nitrogen functional groups attached to an aromatic ring is 1. The second kappa shape index (κ2) is 16.7. The summed E-state index contributed by atoms with van der Waals surface area (Å²) in [7, 11) is 0. The molecule has 1 rings (SSSR count). The van der Waals surface area contributed by atoms with Gasteiger partial charge >= 0.3 is 0 Å². The molecule has 0 aliphatic heterocycles. The Labute approximate surface area is 78.3 Å². The number of hydrogen-bond acceptors (Lipinski definition) is 4. The molecule has 0 atom stereocenters. The standard InChI is InChI=1S/C6H7N.C2H4O.CH2O.H3N/c7-6-4-2-1-3-5-6;1-2-3;1-2;/h1-5H,7H2;2H,1H3;1H2;1H3. The lowest BCUT2D eigenvalue weighted by atomic mass is 10.3. The minimum absolute atomic E-state index is 0. The molecule has 0 saturated carbocycles. The molecule has 74 valence electrons. The molecular formula is C9H16N2O2. The number of hydrogen-bond donors (Lipinski definition) is 2. The Morgan fingerprint density at radius 2 is 1.54 bits per heavy atom. The average molecular weight is 184 g/mol. The summed E-state index contributed by atoms with van der Waals surface area (Å²) in [4.78, 5) is 16.8. The van der Waals surface area contributed by atoms with Gasteiger partial charge in [0, 0.05) is 5.69 Å². The van der Waals surface area contributed by atoms with E-state index in [4.69, 9.17) is 15.3 Å². The van der Waals surface area contributed by atoms with Crippen molar-refractivity contribution < 1.29 is 9.59 Å². The van der Waals surface area contributed by atoms with E-state index in [0.717, 1.165) is 12.0 Å². The Hall–Kier alpha value is -1.68. The summed E-state index contributed by atoms with van der Waals surface area (Å²) in [6.07, 6.45) is 0.750. The van der Waals surface area contributed by atoms with Crippen LogP contribution in [0.15, 0.2) is 30.3 Å². The van der Waals surface area contributed by atoms with E-state index in [1.165, 1.54) is 6.92 Å². The molecule has 0 aromatic heterocycles. The van der Waals surface area contributed by atoms with Gasteiger partial charge in [0.05, 0.1) is 0 Å². The van der Waals surface area contributed by atoms with Crippen LogP contribution in [0.5, 0.6) is 0 Å². The molecule has 0 bridgehead atoms. The lowest BCUT2D eigenvalue weighted by Gasteiger charge is -1.83. The molecule has 1 aromatic rings. The first-order valence-electron chi connectivity index (χ1n) is 3.30. The first kappa shape index (κ1) is 17.4. The van der Waals surface area contributed by atoms with E-state index in [1.54, 1.807) is 0 Å². The zero-order chi connectivity index (χ0) is 9.82. The molecule has 4 nitrogen and oxygen atoms in total. The highest BCUT2D eigenvalue weighted by Gasteiger charge is 1.72. The Kier molecular flexibility index (Phi) is 22.4. The first-order valence-corrected chi connectivity index (χ1v) is 3.30. The van der Waals surface area contributed by atoms with Crippen molar-refractivity contribution in [2.45, 2.75) is 6.92 Å². The highest BCUT2D eigenvalue weighted by atomic mass is 16.1. The maximum Gasteiger partial charge on any atom is 0.116 e. The summed E-state index contributed by atoms with van der Waals surface area (Å²) in [5.74, 6) is 0. The highest BCUT2D eigenvalue weighted by Crippen LogP contribution is 1.95. The van der Waals surface area contributed by atoms with Crippen molar-refractivity contribution in [2.24, 2.45) is 0 Å². The number of nitrogens with two attached hydrogens (primary N) is 1. The third kappa shape index (κ3) is 17.9. The van der Waals surface area contributed by atoms with Crippen LogP contribution in [-0.4, -0.2) is 13.1 Å². The zero-order valence-electron chi connectivity index (χ0n) is 7.77. The minimum Gasteiger partial charge on any atom is -0.399 e. The van der Waals surface area contributed by atoms with Gasteiger partial charge < -0.3 is 21.5 Å². The van der Waals surface area contributed by atoms with E-state index in [0.29, 0.717) is 0 Å². The summed E-state index contributed by atoms with van der Waals surface area (Å²) in [6.45, 7) is 3.44. The first-order chi connectivity index (χ1) is 5.81. The van der Waals surface area contributed by atoms with Gasteiger partial charge in [-0.25, -0.2) is 0 Å². The summed E-state index contributed by atoms with van der Waals surface area (Å²) < 4.78 is 0. The van der Waals surface area contributed by atoms with Gasteiger partial charge in [0.1, 0.15) is 13.1 Å². The number of para-hydroxylation sites is 1. The van der Waals surface area contributed by atoms with Crippen LogP contribution in [0.2, 0.25) is 0 Å². The second-order valence-corrected chi connectivity index (χ2v) is 1.65. The molecule has 0 aliphatic rings. The number of benzene rings is 1. The summed E-state index contributed by atoms with van der Waals surface area (Å²) in [6, 6.07) is 9.49. The lowest BCUT2D eigenvalue weighted by Crippen LogP contribution is -1.79. The maximum absolute atomic E-state index is 8.81. The van der Waals surface area contributed by atoms with E-state index in [1.807, 2.05) is 37.1 Å². The fraction of sp³-hybridized carbons (Fsp3) is 0.111. The average Bonchev–Trinajstić information content (AvgIpc) is 2.11. The van der Waals surface area contributed by atoms with Crippen LogP contribution in [0.1, 0.15) is 6.92 Å². The monoisotopic (exact) mass is 184 g/mol. The molecule has 0 spiro atoms. The van der Waals surface area contributed by atoms with Crippen LogP contribution >= 0.6 is 0 Å². The summed E-state index contributed by atoms with van der Waals surface area (Å²) in [5.41, 5.74) is 6.18. The molecule has 4 heteroatoms. The van der Waals surface area contributed by atoms with Gasteiger partial charge in [-0.05, 0) is 19.1 Å². The van der Waals surface area contributed by atoms with Gasteiger partial charge in [-0.2, -0.15) is 0 Å². The predicted octanol–water partition coefficient (Wildman–Crippen LogP) is 1.45. The third-order valence-corrected chi connectivity index (χ3v) is 0.800. The number of anilines is 1. The normalized spacial score (nSPS) is 5.92. The van der Waals surface area contributed by atoms with Gasteiger partial charge in [0.25, 0.3) is 0 Å². The van der Waals surface area contributed by atoms with Gasteiger partial charge in [0.15, 0.2) is 0 Å². The van der Waals surface area contributed by atoms with Crippen molar-refractivity contribution in [3.05, 3.63) is 30.3 Å². The summed E-state index contributed by atoms with van der Waals surface area (Å²) >= 11 is 0. The fourth-order valence-electron chi connectivity index (χ4n) is 0.453. The van der Waals surface area contributed by atoms with E-state index < -0.39 is 0 Å². The Bertz CT molecular complexity index is 190. The fourth-order valence-corrected chi connectivity index (χ4v) is 0.453. The molecule has 0 heterocycles. The van der Waals surface area contributed by atoms with Gasteiger partial charge in [-0.3, -0.25) is 0 Å². The minimum atomic E-state index is 0. The molecule has 0 saturated heterocycles. The Morgan fingerprint density at radius 3 is 1.69 bits per heavy atom. The Morgan fingerprint density at radius 1 is 1.23 bits per heavy atom. The van der Waals surface area contributed by atoms with Crippen molar-refractivity contribution in [1.29, 1.82) is 0 Å². The topological polar surface area (TPSA) is 95.2 Å². The smallest absolute Gasteiger partial charge is 0.116 e. The van der Waals surface area contributed by atoms with E-state index >= 15 is 0 Å². The van der Waals surface area contributed by atoms with Crippen molar-refractivity contribution >= 4 is 18.8 Å². The van der Waals surface area contributed by atoms with Crippen LogP contribution in [0.25, 0.3) is 0 Å². The number of carbonyl (C=O) groups excluding carboxylic acids is 2. The Balaban J connectivity index is -0.000000146. The third-order valence-electron chi connectivity index (χ3n) is 0.800. The summed E-state index contributed by atoms with van der Waals surface area (Å²) in [5, 5.41) is 0. The lowest BCUT2D eigenvalue weighted by molar-refractivity contribution is -0.106. The SMILES string of the molecule is C=O.CC=O.N.Nc1ccccc1. The molecule has 0 fully saturated rings. The van der Waals surface area contributed by atoms with Crippen molar-refractivity contribution in [3.8, 4) is 0 Å². The van der Waals surface area contributed by atoms with Crippen molar-refractivity contribution in [3.63, 3.8) is 0 Å². The van der Waals surface area contributed by atoms with Crippen LogP contribution in [0.4, 0.5) is 5.69 Å². The number of carbonyl (C=O) groups is 2.